The second-order valence-electron chi connectivity index (χ2n) is 1.95. The average molecular weight is 206 g/mol. The molecule has 0 atom stereocenters. The molecule has 0 N–H and O–H groups in total. The van der Waals surface area contributed by atoms with Gasteiger partial charge in [-0.1, -0.05) is 19.7 Å². The third-order valence-corrected chi connectivity index (χ3v) is 0.650. The van der Waals surface area contributed by atoms with Crippen LogP contribution in [0.1, 0.15) is 6.92 Å². The molecule has 0 aromatic heterocycles. The molecular weight excluding hydrogens is 192 g/mol. The van der Waals surface area contributed by atoms with Gasteiger partial charge in [0, 0.05) is 17.7 Å². The molecule has 0 saturated carbocycles. The van der Waals surface area contributed by atoms with Crippen molar-refractivity contribution in [2.75, 3.05) is 7.11 Å². The van der Waals surface area contributed by atoms with Crippen LogP contribution in [0, 0.1) is 22.7 Å². The molecule has 0 unspecified atom stereocenters. The van der Waals surface area contributed by atoms with Crippen LogP contribution in [0.5, 0.6) is 0 Å². The molecular formula is C11H14N2O2. The van der Waals surface area contributed by atoms with Gasteiger partial charge in [0.05, 0.1) is 19.2 Å². The number of nitriles is 2. The standard InChI is InChI=1S/C4H5N.C4H6O2.C3H3N/c1-4(2)3-5;1-3-4(5)6-2;1-2-3-4/h1H2,2H3;3H,1H2,2H3;2H,1H2. The summed E-state index contributed by atoms with van der Waals surface area (Å²) < 4.78 is 4.14. The van der Waals surface area contributed by atoms with E-state index in [1.165, 1.54) is 13.2 Å². The quantitative estimate of drug-likeness (QED) is 0.374. The predicted molar refractivity (Wildman–Crippen MR) is 58.5 cm³/mol. The SMILES string of the molecule is C=C(C)C#N.C=CC#N.C=CC(=O)OC. The Morgan fingerprint density at radius 1 is 1.40 bits per heavy atom. The Morgan fingerprint density at radius 2 is 1.73 bits per heavy atom. The topological polar surface area (TPSA) is 73.9 Å². The Hall–Kier alpha value is -2.33. The van der Waals surface area contributed by atoms with Crippen LogP contribution in [0.15, 0.2) is 37.5 Å². The third kappa shape index (κ3) is 50.0. The van der Waals surface area contributed by atoms with Crippen molar-refractivity contribution in [3.05, 3.63) is 37.5 Å². The number of hydrogen-bond acceptors (Lipinski definition) is 4. The number of nitrogens with zero attached hydrogens (tertiary/aromatic N) is 2. The largest absolute Gasteiger partial charge is 0.466 e. The summed E-state index contributed by atoms with van der Waals surface area (Å²) in [5, 5.41) is 15.3. The van der Waals surface area contributed by atoms with E-state index in [0.717, 1.165) is 6.08 Å². The molecule has 0 aliphatic carbocycles. The fraction of sp³-hybridized carbons (Fsp3) is 0.182. The first kappa shape index (κ1) is 18.5. The summed E-state index contributed by atoms with van der Waals surface area (Å²) in [7, 11) is 1.31. The molecule has 0 aromatic carbocycles. The van der Waals surface area contributed by atoms with Crippen LogP contribution in [-0.2, 0) is 9.53 Å². The fourth-order valence-electron chi connectivity index (χ4n) is 0.0833. The highest BCUT2D eigenvalue weighted by atomic mass is 16.5. The van der Waals surface area contributed by atoms with E-state index in [9.17, 15) is 4.79 Å². The maximum absolute atomic E-state index is 9.84. The molecule has 4 heteroatoms. The molecule has 0 amide bonds. The molecule has 0 bridgehead atoms. The zero-order valence-electron chi connectivity index (χ0n) is 8.99. The van der Waals surface area contributed by atoms with Gasteiger partial charge in [-0.3, -0.25) is 0 Å². The Balaban J connectivity index is -0.000000147. The van der Waals surface area contributed by atoms with Crippen LogP contribution in [0.2, 0.25) is 0 Å². The Labute approximate surface area is 90.4 Å². The number of carbonyl (C=O) groups is 1. The molecule has 0 rings (SSSR count). The van der Waals surface area contributed by atoms with Gasteiger partial charge in [0.15, 0.2) is 0 Å². The lowest BCUT2D eigenvalue weighted by Crippen LogP contribution is -1.91. The Bertz CT molecular complexity index is 293. The minimum absolute atomic E-state index is 0.394. The number of rotatable bonds is 1. The summed E-state index contributed by atoms with van der Waals surface area (Å²) in [6.45, 7) is 11.3. The number of allylic oxidation sites excluding steroid dienone is 2. The molecule has 0 aliphatic rings. The van der Waals surface area contributed by atoms with Gasteiger partial charge in [0.25, 0.3) is 0 Å². The molecule has 0 heterocycles. The first-order chi connectivity index (χ1) is 6.99. The van der Waals surface area contributed by atoms with E-state index in [-0.39, 0.29) is 0 Å². The number of carbonyl (C=O) groups excluding carboxylic acids is 1. The Morgan fingerprint density at radius 3 is 1.73 bits per heavy atom. The first-order valence-corrected chi connectivity index (χ1v) is 3.76. The van der Waals surface area contributed by atoms with Crippen LogP contribution < -0.4 is 0 Å². The summed E-state index contributed by atoms with van der Waals surface area (Å²) in [6, 6.07) is 3.53. The molecule has 4 nitrogen and oxygen atoms in total. The van der Waals surface area contributed by atoms with Crippen LogP contribution >= 0.6 is 0 Å². The van der Waals surface area contributed by atoms with Gasteiger partial charge >= 0.3 is 5.97 Å². The van der Waals surface area contributed by atoms with Crippen LogP contribution in [0.4, 0.5) is 0 Å². The van der Waals surface area contributed by atoms with Gasteiger partial charge < -0.3 is 4.74 Å². The van der Waals surface area contributed by atoms with Gasteiger partial charge in [-0.05, 0) is 6.92 Å². The van der Waals surface area contributed by atoms with E-state index in [2.05, 4.69) is 24.5 Å². The van der Waals surface area contributed by atoms with E-state index in [4.69, 9.17) is 10.5 Å². The maximum atomic E-state index is 9.84. The monoisotopic (exact) mass is 206 g/mol. The molecule has 15 heavy (non-hydrogen) atoms. The highest BCUT2D eigenvalue weighted by Crippen LogP contribution is 1.74. The zero-order chi connectivity index (χ0) is 12.7. The van der Waals surface area contributed by atoms with E-state index in [0.29, 0.717) is 5.57 Å². The number of ether oxygens (including phenoxy) is 1. The van der Waals surface area contributed by atoms with Crippen LogP contribution in [0.3, 0.4) is 0 Å². The molecule has 80 valence electrons. The minimum atomic E-state index is -0.394. The van der Waals surface area contributed by atoms with Crippen molar-refractivity contribution in [1.29, 1.82) is 10.5 Å². The average Bonchev–Trinajstić information content (AvgIpc) is 2.28. The minimum Gasteiger partial charge on any atom is -0.466 e. The summed E-state index contributed by atoms with van der Waals surface area (Å²) in [5.74, 6) is -0.394. The highest BCUT2D eigenvalue weighted by molar-refractivity contribution is 5.80. The molecule has 0 aromatic rings. The van der Waals surface area contributed by atoms with Crippen molar-refractivity contribution >= 4 is 5.97 Å². The maximum Gasteiger partial charge on any atom is 0.329 e. The van der Waals surface area contributed by atoms with Crippen LogP contribution in [0.25, 0.3) is 0 Å². The zero-order valence-corrected chi connectivity index (χ0v) is 8.99. The van der Waals surface area contributed by atoms with Crippen molar-refractivity contribution in [2.45, 2.75) is 6.92 Å². The number of methoxy groups -OCH3 is 1. The molecule has 0 saturated heterocycles. The van der Waals surface area contributed by atoms with Gasteiger partial charge in [-0.25, -0.2) is 4.79 Å². The van der Waals surface area contributed by atoms with E-state index in [1.54, 1.807) is 13.0 Å². The van der Waals surface area contributed by atoms with Gasteiger partial charge in [-0.2, -0.15) is 10.5 Å². The third-order valence-electron chi connectivity index (χ3n) is 0.650. The molecule has 0 spiro atoms. The van der Waals surface area contributed by atoms with Gasteiger partial charge in [0.1, 0.15) is 0 Å². The second-order valence-corrected chi connectivity index (χ2v) is 1.95. The van der Waals surface area contributed by atoms with E-state index in [1.807, 2.05) is 6.07 Å². The lowest BCUT2D eigenvalue weighted by Gasteiger charge is -1.83. The van der Waals surface area contributed by atoms with E-state index >= 15 is 0 Å². The van der Waals surface area contributed by atoms with Gasteiger partial charge in [-0.15, -0.1) is 0 Å². The van der Waals surface area contributed by atoms with Crippen molar-refractivity contribution in [2.24, 2.45) is 0 Å². The lowest BCUT2D eigenvalue weighted by atomic mass is 10.4. The smallest absolute Gasteiger partial charge is 0.329 e. The number of hydrogen-bond donors (Lipinski definition) is 0. The summed E-state index contributed by atoms with van der Waals surface area (Å²) >= 11 is 0. The summed E-state index contributed by atoms with van der Waals surface area (Å²) in [5.41, 5.74) is 0.560. The second kappa shape index (κ2) is 17.7. The molecule has 0 aliphatic heterocycles. The van der Waals surface area contributed by atoms with Crippen molar-refractivity contribution in [3.8, 4) is 12.1 Å². The van der Waals surface area contributed by atoms with Crippen LogP contribution in [-0.4, -0.2) is 13.1 Å². The molecule has 0 radical (unpaired) electrons. The summed E-state index contributed by atoms with van der Waals surface area (Å²) in [4.78, 5) is 9.84. The first-order valence-electron chi connectivity index (χ1n) is 3.76. The van der Waals surface area contributed by atoms with Crippen molar-refractivity contribution in [3.63, 3.8) is 0 Å². The molecule has 0 fully saturated rings. The predicted octanol–water partition coefficient (Wildman–Crippen LogP) is 2.13. The fourth-order valence-corrected chi connectivity index (χ4v) is 0.0833. The van der Waals surface area contributed by atoms with Crippen molar-refractivity contribution < 1.29 is 9.53 Å². The highest BCUT2D eigenvalue weighted by Gasteiger charge is 1.81. The van der Waals surface area contributed by atoms with E-state index < -0.39 is 5.97 Å². The lowest BCUT2D eigenvalue weighted by molar-refractivity contribution is -0.134. The Kier molecular flexibility index (Phi) is 21.7. The number of esters is 1. The normalized spacial score (nSPS) is 5.60. The van der Waals surface area contributed by atoms with Gasteiger partial charge in [0.2, 0.25) is 0 Å². The van der Waals surface area contributed by atoms with Crippen molar-refractivity contribution in [1.82, 2.24) is 0 Å². The summed E-state index contributed by atoms with van der Waals surface area (Å²) in [6.07, 6.45) is 2.29.